The number of furan rings is 1. The summed E-state index contributed by atoms with van der Waals surface area (Å²) in [6.07, 6.45) is -3.33. The molecule has 2 heterocycles. The first-order valence-corrected chi connectivity index (χ1v) is 10.4. The summed E-state index contributed by atoms with van der Waals surface area (Å²) < 4.78 is 72.2. The minimum absolute atomic E-state index is 0.123. The molecular weight excluding hydrogens is 427 g/mol. The van der Waals surface area contributed by atoms with Gasteiger partial charge in [-0.1, -0.05) is 0 Å². The van der Waals surface area contributed by atoms with Crippen LogP contribution >= 0.6 is 0 Å². The van der Waals surface area contributed by atoms with Gasteiger partial charge < -0.3 is 14.5 Å². The zero-order valence-electron chi connectivity index (χ0n) is 15.8. The molecule has 1 amide bonds. The maximum Gasteiger partial charge on any atom is 0.573 e. The Morgan fingerprint density at radius 2 is 1.77 bits per heavy atom. The molecule has 12 heteroatoms. The summed E-state index contributed by atoms with van der Waals surface area (Å²) in [7, 11) is -3.86. The Labute approximate surface area is 171 Å². The van der Waals surface area contributed by atoms with Gasteiger partial charge in [-0.05, 0) is 36.4 Å². The monoisotopic (exact) mass is 447 g/mol. The van der Waals surface area contributed by atoms with Crippen LogP contribution in [-0.2, 0) is 21.4 Å². The Kier molecular flexibility index (Phi) is 6.68. The van der Waals surface area contributed by atoms with Crippen LogP contribution in [0.1, 0.15) is 5.76 Å². The second kappa shape index (κ2) is 9.06. The summed E-state index contributed by atoms with van der Waals surface area (Å²) in [5.41, 5.74) is 0. The zero-order chi connectivity index (χ0) is 21.8. The van der Waals surface area contributed by atoms with E-state index in [0.717, 1.165) is 24.3 Å². The van der Waals surface area contributed by atoms with Gasteiger partial charge in [0.1, 0.15) is 11.5 Å². The standard InChI is InChI=1S/C18H20F3N3O5S/c19-18(20,21)29-14-3-5-16(6-4-14)30(26,27)24-9-7-23(8-10-24)13-17(25)22-12-15-2-1-11-28-15/h1-6,11H,7-10,12-13H2,(H,22,25). The SMILES string of the molecule is O=C(CN1CCN(S(=O)(=O)c2ccc(OC(F)(F)F)cc2)CC1)NCc1ccco1. The van der Waals surface area contributed by atoms with Crippen molar-refractivity contribution in [1.29, 1.82) is 0 Å². The van der Waals surface area contributed by atoms with Crippen molar-refractivity contribution in [3.8, 4) is 5.75 Å². The lowest BCUT2D eigenvalue weighted by Crippen LogP contribution is -2.50. The highest BCUT2D eigenvalue weighted by Crippen LogP contribution is 2.25. The number of alkyl halides is 3. The van der Waals surface area contributed by atoms with Gasteiger partial charge in [0.15, 0.2) is 0 Å². The van der Waals surface area contributed by atoms with E-state index in [9.17, 15) is 26.4 Å². The molecule has 0 aliphatic carbocycles. The molecule has 8 nitrogen and oxygen atoms in total. The number of carbonyl (C=O) groups excluding carboxylic acids is 1. The molecule has 1 saturated heterocycles. The number of carbonyl (C=O) groups is 1. The molecule has 0 radical (unpaired) electrons. The van der Waals surface area contributed by atoms with E-state index in [0.29, 0.717) is 18.8 Å². The first kappa shape index (κ1) is 22.1. The summed E-state index contributed by atoms with van der Waals surface area (Å²) in [6.45, 7) is 1.42. The molecule has 164 valence electrons. The average molecular weight is 447 g/mol. The predicted octanol–water partition coefficient (Wildman–Crippen LogP) is 1.80. The van der Waals surface area contributed by atoms with Crippen molar-refractivity contribution in [2.24, 2.45) is 0 Å². The van der Waals surface area contributed by atoms with Gasteiger partial charge in [0.05, 0.1) is 24.2 Å². The van der Waals surface area contributed by atoms with Crippen LogP contribution in [0.4, 0.5) is 13.2 Å². The molecule has 1 aliphatic heterocycles. The van der Waals surface area contributed by atoms with Crippen LogP contribution < -0.4 is 10.1 Å². The number of hydrogen-bond acceptors (Lipinski definition) is 6. The smallest absolute Gasteiger partial charge is 0.467 e. The second-order valence-electron chi connectivity index (χ2n) is 6.56. The van der Waals surface area contributed by atoms with Crippen molar-refractivity contribution in [1.82, 2.24) is 14.5 Å². The molecular formula is C18H20F3N3O5S. The Bertz CT molecular complexity index is 938. The predicted molar refractivity (Wildman–Crippen MR) is 98.9 cm³/mol. The van der Waals surface area contributed by atoms with Gasteiger partial charge >= 0.3 is 6.36 Å². The van der Waals surface area contributed by atoms with Crippen LogP contribution in [0, 0.1) is 0 Å². The lowest BCUT2D eigenvalue weighted by Gasteiger charge is -2.33. The minimum atomic E-state index is -4.85. The number of amides is 1. The summed E-state index contributed by atoms with van der Waals surface area (Å²) in [5.74, 6) is -0.0688. The highest BCUT2D eigenvalue weighted by atomic mass is 32.2. The van der Waals surface area contributed by atoms with Crippen molar-refractivity contribution >= 4 is 15.9 Å². The fourth-order valence-corrected chi connectivity index (χ4v) is 4.37. The molecule has 0 saturated carbocycles. The van der Waals surface area contributed by atoms with E-state index in [-0.39, 0.29) is 37.0 Å². The van der Waals surface area contributed by atoms with E-state index in [2.05, 4.69) is 10.1 Å². The van der Waals surface area contributed by atoms with Crippen LogP contribution in [0.15, 0.2) is 52.0 Å². The number of ether oxygens (including phenoxy) is 1. The van der Waals surface area contributed by atoms with Crippen LogP contribution in [0.3, 0.4) is 0 Å². The van der Waals surface area contributed by atoms with Crippen molar-refractivity contribution < 1.29 is 35.5 Å². The molecule has 2 aromatic rings. The first-order valence-electron chi connectivity index (χ1n) is 9.01. The summed E-state index contributed by atoms with van der Waals surface area (Å²) in [6, 6.07) is 7.53. The largest absolute Gasteiger partial charge is 0.573 e. The van der Waals surface area contributed by atoms with E-state index < -0.39 is 22.1 Å². The number of piperazine rings is 1. The van der Waals surface area contributed by atoms with Crippen molar-refractivity contribution in [3.63, 3.8) is 0 Å². The summed E-state index contributed by atoms with van der Waals surface area (Å²) in [5, 5.41) is 2.72. The molecule has 3 rings (SSSR count). The van der Waals surface area contributed by atoms with Crippen LogP contribution in [0.25, 0.3) is 0 Å². The Morgan fingerprint density at radius 1 is 1.10 bits per heavy atom. The van der Waals surface area contributed by atoms with Crippen LogP contribution in [-0.4, -0.2) is 62.6 Å². The Morgan fingerprint density at radius 3 is 2.33 bits per heavy atom. The Hall–Kier alpha value is -2.57. The minimum Gasteiger partial charge on any atom is -0.467 e. The van der Waals surface area contributed by atoms with E-state index in [1.54, 1.807) is 12.1 Å². The summed E-state index contributed by atoms with van der Waals surface area (Å²) in [4.78, 5) is 13.7. The zero-order valence-corrected chi connectivity index (χ0v) is 16.6. The highest BCUT2D eigenvalue weighted by molar-refractivity contribution is 7.89. The van der Waals surface area contributed by atoms with Crippen molar-refractivity contribution in [2.45, 2.75) is 17.8 Å². The van der Waals surface area contributed by atoms with Gasteiger partial charge in [0, 0.05) is 26.2 Å². The van der Waals surface area contributed by atoms with Gasteiger partial charge in [0.25, 0.3) is 0 Å². The van der Waals surface area contributed by atoms with Gasteiger partial charge in [-0.3, -0.25) is 9.69 Å². The highest BCUT2D eigenvalue weighted by Gasteiger charge is 2.32. The Balaban J connectivity index is 1.50. The van der Waals surface area contributed by atoms with E-state index in [4.69, 9.17) is 4.42 Å². The number of nitrogens with one attached hydrogen (secondary N) is 1. The number of nitrogens with zero attached hydrogens (tertiary/aromatic N) is 2. The molecule has 0 atom stereocenters. The van der Waals surface area contributed by atoms with Crippen molar-refractivity contribution in [3.05, 3.63) is 48.4 Å². The third kappa shape index (κ3) is 5.97. The maximum absolute atomic E-state index is 12.7. The molecule has 1 aromatic carbocycles. The fourth-order valence-electron chi connectivity index (χ4n) is 2.95. The van der Waals surface area contributed by atoms with E-state index in [1.807, 2.05) is 4.90 Å². The molecule has 1 aromatic heterocycles. The number of rotatable bonds is 7. The lowest BCUT2D eigenvalue weighted by atomic mass is 10.3. The number of sulfonamides is 1. The number of hydrogen-bond donors (Lipinski definition) is 1. The molecule has 30 heavy (non-hydrogen) atoms. The van der Waals surface area contributed by atoms with Gasteiger partial charge in [-0.2, -0.15) is 4.31 Å². The normalized spacial score (nSPS) is 16.4. The fraction of sp³-hybridized carbons (Fsp3) is 0.389. The number of benzene rings is 1. The van der Waals surface area contributed by atoms with E-state index in [1.165, 1.54) is 10.6 Å². The van der Waals surface area contributed by atoms with E-state index >= 15 is 0 Å². The van der Waals surface area contributed by atoms with Crippen LogP contribution in [0.5, 0.6) is 5.75 Å². The third-order valence-electron chi connectivity index (χ3n) is 4.43. The lowest BCUT2D eigenvalue weighted by molar-refractivity contribution is -0.274. The third-order valence-corrected chi connectivity index (χ3v) is 6.35. The van der Waals surface area contributed by atoms with Gasteiger partial charge in [-0.25, -0.2) is 8.42 Å². The van der Waals surface area contributed by atoms with Crippen LogP contribution in [0.2, 0.25) is 0 Å². The quantitative estimate of drug-likeness (QED) is 0.696. The molecule has 0 unspecified atom stereocenters. The molecule has 1 fully saturated rings. The van der Waals surface area contributed by atoms with Gasteiger partial charge in [-0.15, -0.1) is 13.2 Å². The first-order chi connectivity index (χ1) is 14.1. The average Bonchev–Trinajstić information content (AvgIpc) is 3.20. The second-order valence-corrected chi connectivity index (χ2v) is 8.49. The van der Waals surface area contributed by atoms with Crippen molar-refractivity contribution in [2.75, 3.05) is 32.7 Å². The molecule has 1 N–H and O–H groups in total. The number of halogens is 3. The molecule has 1 aliphatic rings. The maximum atomic E-state index is 12.7. The molecule has 0 spiro atoms. The topological polar surface area (TPSA) is 92.1 Å². The van der Waals surface area contributed by atoms with Gasteiger partial charge in [0.2, 0.25) is 15.9 Å². The summed E-state index contributed by atoms with van der Waals surface area (Å²) >= 11 is 0. The molecule has 0 bridgehead atoms.